The highest BCUT2D eigenvalue weighted by Crippen LogP contribution is 2.38. The molecule has 1 amide bonds. The van der Waals surface area contributed by atoms with Gasteiger partial charge in [0, 0.05) is 10.7 Å². The standard InChI is InChI=1S/C19H17ClF6N2O5/c20-13-1-2-16(28(32-5-3-29)33-6-4-30)15(10-13)17(31)27-14-8-11(18(21,22)23)7-12(9-14)19(24,25)26/h1-2,7-10,29-30H,3-6H2,(H,27,31). The lowest BCUT2D eigenvalue weighted by atomic mass is 10.1. The fourth-order valence-corrected chi connectivity index (χ4v) is 2.67. The second-order valence-corrected chi connectivity index (χ2v) is 6.72. The summed E-state index contributed by atoms with van der Waals surface area (Å²) in [7, 11) is 0. The minimum absolute atomic E-state index is 0.00758. The summed E-state index contributed by atoms with van der Waals surface area (Å²) < 4.78 is 78.5. The molecule has 33 heavy (non-hydrogen) atoms. The summed E-state index contributed by atoms with van der Waals surface area (Å²) in [6.45, 7) is -1.54. The van der Waals surface area contributed by atoms with Crippen LogP contribution >= 0.6 is 11.6 Å². The number of hydrogen-bond acceptors (Lipinski definition) is 6. The first-order valence-electron chi connectivity index (χ1n) is 9.05. The van der Waals surface area contributed by atoms with Gasteiger partial charge >= 0.3 is 12.4 Å². The topological polar surface area (TPSA) is 91.3 Å². The fourth-order valence-electron chi connectivity index (χ4n) is 2.50. The number of nitrogens with one attached hydrogen (secondary N) is 1. The van der Waals surface area contributed by atoms with Crippen LogP contribution in [-0.2, 0) is 22.0 Å². The number of aliphatic hydroxyl groups is 2. The fraction of sp³-hybridized carbons (Fsp3) is 0.316. The van der Waals surface area contributed by atoms with Crippen LogP contribution < -0.4 is 10.5 Å². The highest BCUT2D eigenvalue weighted by Gasteiger charge is 2.37. The Bertz CT molecular complexity index is 930. The SMILES string of the molecule is O=C(Nc1cc(C(F)(F)F)cc(C(F)(F)F)c1)c1cc(Cl)ccc1N(OCCO)OCCO. The van der Waals surface area contributed by atoms with Crippen LogP contribution in [0.4, 0.5) is 37.7 Å². The van der Waals surface area contributed by atoms with Crippen molar-refractivity contribution in [2.45, 2.75) is 12.4 Å². The van der Waals surface area contributed by atoms with Gasteiger partial charge in [0.1, 0.15) is 18.9 Å². The van der Waals surface area contributed by atoms with E-state index in [1.54, 1.807) is 0 Å². The lowest BCUT2D eigenvalue weighted by Crippen LogP contribution is -2.29. The maximum Gasteiger partial charge on any atom is 0.416 e. The normalized spacial score (nSPS) is 12.0. The number of carbonyl (C=O) groups excluding carboxylic acids is 1. The zero-order valence-electron chi connectivity index (χ0n) is 16.5. The lowest BCUT2D eigenvalue weighted by Gasteiger charge is -2.24. The second kappa shape index (κ2) is 11.0. The van der Waals surface area contributed by atoms with Crippen molar-refractivity contribution in [3.8, 4) is 0 Å². The molecular formula is C19H17ClF6N2O5. The van der Waals surface area contributed by atoms with Gasteiger partial charge in [-0.15, -0.1) is 5.23 Å². The Hall–Kier alpha value is -2.58. The van der Waals surface area contributed by atoms with Crippen molar-refractivity contribution in [3.63, 3.8) is 0 Å². The molecule has 0 fully saturated rings. The molecule has 0 unspecified atom stereocenters. The average Bonchev–Trinajstić information content (AvgIpc) is 2.72. The van der Waals surface area contributed by atoms with E-state index >= 15 is 0 Å². The van der Waals surface area contributed by atoms with E-state index in [0.717, 1.165) is 6.07 Å². The zero-order valence-corrected chi connectivity index (χ0v) is 17.3. The summed E-state index contributed by atoms with van der Waals surface area (Å²) in [5, 5.41) is 20.5. The van der Waals surface area contributed by atoms with Crippen LogP contribution in [0.2, 0.25) is 5.02 Å². The van der Waals surface area contributed by atoms with Gasteiger partial charge in [0.25, 0.3) is 5.91 Å². The van der Waals surface area contributed by atoms with E-state index in [2.05, 4.69) is 0 Å². The van der Waals surface area contributed by atoms with Crippen LogP contribution in [0.15, 0.2) is 36.4 Å². The molecule has 0 bridgehead atoms. The number of hydrogen-bond donors (Lipinski definition) is 3. The maximum absolute atomic E-state index is 13.1. The van der Waals surface area contributed by atoms with E-state index in [1.165, 1.54) is 12.1 Å². The molecule has 0 aromatic heterocycles. The van der Waals surface area contributed by atoms with Crippen molar-refractivity contribution in [2.24, 2.45) is 0 Å². The molecule has 14 heteroatoms. The van der Waals surface area contributed by atoms with Crippen LogP contribution in [-0.4, -0.2) is 42.5 Å². The van der Waals surface area contributed by atoms with Crippen molar-refractivity contribution >= 4 is 28.9 Å². The summed E-state index contributed by atoms with van der Waals surface area (Å²) >= 11 is 5.89. The first-order chi connectivity index (χ1) is 15.4. The van der Waals surface area contributed by atoms with Gasteiger partial charge in [-0.05, 0) is 36.4 Å². The number of benzene rings is 2. The van der Waals surface area contributed by atoms with Gasteiger partial charge in [0.15, 0.2) is 0 Å². The Balaban J connectivity index is 2.47. The Morgan fingerprint density at radius 2 is 1.42 bits per heavy atom. The monoisotopic (exact) mass is 502 g/mol. The van der Waals surface area contributed by atoms with Crippen LogP contribution in [0.5, 0.6) is 0 Å². The summed E-state index contributed by atoms with van der Waals surface area (Å²) in [4.78, 5) is 23.0. The molecule has 0 saturated carbocycles. The molecule has 2 aromatic rings. The number of aliphatic hydroxyl groups excluding tert-OH is 2. The number of anilines is 2. The van der Waals surface area contributed by atoms with Crippen LogP contribution in [0.3, 0.4) is 0 Å². The van der Waals surface area contributed by atoms with Crippen molar-refractivity contribution in [2.75, 3.05) is 37.0 Å². The largest absolute Gasteiger partial charge is 0.416 e. The van der Waals surface area contributed by atoms with E-state index in [0.29, 0.717) is 17.4 Å². The molecule has 0 radical (unpaired) electrons. The third-order valence-corrected chi connectivity index (χ3v) is 4.08. The van der Waals surface area contributed by atoms with Crippen molar-refractivity contribution < 1.29 is 51.0 Å². The van der Waals surface area contributed by atoms with E-state index < -0.39 is 48.3 Å². The average molecular weight is 503 g/mol. The van der Waals surface area contributed by atoms with E-state index in [9.17, 15) is 31.1 Å². The predicted octanol–water partition coefficient (Wildman–Crippen LogP) is 4.28. The molecule has 0 saturated heterocycles. The molecule has 0 heterocycles. The number of carbonyl (C=O) groups is 1. The maximum atomic E-state index is 13.1. The van der Waals surface area contributed by atoms with Gasteiger partial charge < -0.3 is 15.5 Å². The number of nitrogens with zero attached hydrogens (tertiary/aromatic N) is 1. The molecule has 7 nitrogen and oxygen atoms in total. The minimum Gasteiger partial charge on any atom is -0.394 e. The number of rotatable bonds is 9. The van der Waals surface area contributed by atoms with E-state index in [-0.39, 0.29) is 35.6 Å². The molecule has 182 valence electrons. The highest BCUT2D eigenvalue weighted by molar-refractivity contribution is 6.31. The van der Waals surface area contributed by atoms with Gasteiger partial charge in [-0.25, -0.2) is 9.68 Å². The van der Waals surface area contributed by atoms with Crippen molar-refractivity contribution in [1.82, 2.24) is 0 Å². The third kappa shape index (κ3) is 7.47. The van der Waals surface area contributed by atoms with Crippen LogP contribution in [0.1, 0.15) is 21.5 Å². The molecule has 2 aromatic carbocycles. The van der Waals surface area contributed by atoms with Gasteiger partial charge in [0.05, 0.1) is 29.9 Å². The van der Waals surface area contributed by atoms with Crippen LogP contribution in [0, 0.1) is 0 Å². The molecule has 0 atom stereocenters. The summed E-state index contributed by atoms with van der Waals surface area (Å²) in [5.41, 5.74) is -4.49. The minimum atomic E-state index is -5.10. The van der Waals surface area contributed by atoms with E-state index in [1.807, 2.05) is 5.32 Å². The first kappa shape index (κ1) is 26.7. The van der Waals surface area contributed by atoms with E-state index in [4.69, 9.17) is 31.5 Å². The first-order valence-corrected chi connectivity index (χ1v) is 9.42. The van der Waals surface area contributed by atoms with Gasteiger partial charge in [-0.1, -0.05) is 11.6 Å². The molecule has 2 rings (SSSR count). The molecule has 0 aliphatic rings. The molecule has 0 aliphatic carbocycles. The zero-order chi connectivity index (χ0) is 24.8. The number of amides is 1. The molecule has 0 aliphatic heterocycles. The van der Waals surface area contributed by atoms with Gasteiger partial charge in [0.2, 0.25) is 0 Å². The number of halogens is 7. The summed E-state index contributed by atoms with van der Waals surface area (Å²) in [6.07, 6.45) is -10.2. The lowest BCUT2D eigenvalue weighted by molar-refractivity contribution is -0.143. The molecule has 0 spiro atoms. The van der Waals surface area contributed by atoms with Gasteiger partial charge in [-0.3, -0.25) is 4.79 Å². The number of alkyl halides is 6. The summed E-state index contributed by atoms with van der Waals surface area (Å²) in [5.74, 6) is -1.13. The summed E-state index contributed by atoms with van der Waals surface area (Å²) in [6, 6.07) is 4.21. The highest BCUT2D eigenvalue weighted by atomic mass is 35.5. The Labute approximate surface area is 188 Å². The second-order valence-electron chi connectivity index (χ2n) is 6.28. The molecule has 3 N–H and O–H groups in total. The quantitative estimate of drug-likeness (QED) is 0.350. The third-order valence-electron chi connectivity index (χ3n) is 3.85. The van der Waals surface area contributed by atoms with Crippen molar-refractivity contribution in [1.29, 1.82) is 0 Å². The van der Waals surface area contributed by atoms with Crippen LogP contribution in [0.25, 0.3) is 0 Å². The Morgan fingerprint density at radius 3 is 1.88 bits per heavy atom. The Morgan fingerprint density at radius 1 is 0.909 bits per heavy atom. The smallest absolute Gasteiger partial charge is 0.394 e. The Kier molecular flexibility index (Phi) is 8.91. The van der Waals surface area contributed by atoms with Gasteiger partial charge in [-0.2, -0.15) is 26.3 Å². The molecular weight excluding hydrogens is 486 g/mol. The van der Waals surface area contributed by atoms with Crippen molar-refractivity contribution in [3.05, 3.63) is 58.1 Å². The predicted molar refractivity (Wildman–Crippen MR) is 104 cm³/mol.